The fourth-order valence-electron chi connectivity index (χ4n) is 2.73. The fraction of sp³-hybridized carbons (Fsp3) is 0.474. The maximum atomic E-state index is 5.97. The Hall–Kier alpha value is -1.35. The molecular weight excluding hydrogens is 459 g/mol. The maximum Gasteiger partial charge on any atom is 0.191 e. The van der Waals surface area contributed by atoms with Crippen molar-refractivity contribution < 1.29 is 4.74 Å². The number of benzene rings is 1. The van der Waals surface area contributed by atoms with Gasteiger partial charge in [0.15, 0.2) is 5.96 Å². The van der Waals surface area contributed by atoms with E-state index < -0.39 is 0 Å². The largest absolute Gasteiger partial charge is 0.488 e. The molecule has 0 aliphatic carbocycles. The van der Waals surface area contributed by atoms with E-state index in [9.17, 15) is 0 Å². The Labute approximate surface area is 176 Å². The lowest BCUT2D eigenvalue weighted by Crippen LogP contribution is -2.42. The zero-order valence-corrected chi connectivity index (χ0v) is 18.6. The molecule has 2 aromatic rings. The molecule has 0 bridgehead atoms. The van der Waals surface area contributed by atoms with E-state index in [-0.39, 0.29) is 30.1 Å². The third-order valence-corrected chi connectivity index (χ3v) is 4.94. The highest BCUT2D eigenvalue weighted by Crippen LogP contribution is 2.27. The first-order chi connectivity index (χ1) is 12.2. The van der Waals surface area contributed by atoms with Gasteiger partial charge >= 0.3 is 0 Å². The number of nitrogens with zero attached hydrogens (tertiary/aromatic N) is 2. The number of guanidine groups is 1. The Morgan fingerprint density at radius 2 is 2.15 bits per heavy atom. The van der Waals surface area contributed by atoms with E-state index >= 15 is 0 Å². The van der Waals surface area contributed by atoms with Crippen LogP contribution in [0.1, 0.15) is 43.0 Å². The van der Waals surface area contributed by atoms with Crippen molar-refractivity contribution >= 4 is 41.3 Å². The number of rotatable bonds is 6. The van der Waals surface area contributed by atoms with Crippen LogP contribution in [0.25, 0.3) is 0 Å². The summed E-state index contributed by atoms with van der Waals surface area (Å²) < 4.78 is 5.97. The Balaban J connectivity index is 0.00000243. The zero-order chi connectivity index (χ0) is 17.6. The molecule has 26 heavy (non-hydrogen) atoms. The van der Waals surface area contributed by atoms with Crippen LogP contribution in [-0.4, -0.2) is 30.1 Å². The molecule has 0 fully saturated rings. The van der Waals surface area contributed by atoms with Gasteiger partial charge in [-0.3, -0.25) is 0 Å². The van der Waals surface area contributed by atoms with Crippen LogP contribution in [0.2, 0.25) is 0 Å². The van der Waals surface area contributed by atoms with Crippen molar-refractivity contribution in [3.63, 3.8) is 0 Å². The van der Waals surface area contributed by atoms with Gasteiger partial charge in [0.2, 0.25) is 0 Å². The van der Waals surface area contributed by atoms with Gasteiger partial charge in [-0.05, 0) is 24.5 Å². The first-order valence-corrected chi connectivity index (χ1v) is 9.74. The van der Waals surface area contributed by atoms with E-state index in [1.165, 1.54) is 5.56 Å². The molecule has 0 saturated carbocycles. The molecule has 7 heteroatoms. The Bertz CT molecular complexity index is 707. The average Bonchev–Trinajstić information content (AvgIpc) is 3.23. The van der Waals surface area contributed by atoms with E-state index in [0.717, 1.165) is 41.9 Å². The van der Waals surface area contributed by atoms with Gasteiger partial charge in [0.1, 0.15) is 16.9 Å². The predicted octanol–water partition coefficient (Wildman–Crippen LogP) is 3.94. The molecule has 0 radical (unpaired) electrons. The number of fused-ring (bicyclic) bond motifs is 1. The maximum absolute atomic E-state index is 5.97. The number of halogens is 1. The van der Waals surface area contributed by atoms with Crippen molar-refractivity contribution in [1.29, 1.82) is 0 Å². The molecule has 3 rings (SSSR count). The Morgan fingerprint density at radius 3 is 2.85 bits per heavy atom. The van der Waals surface area contributed by atoms with Crippen LogP contribution in [0, 0.1) is 0 Å². The minimum atomic E-state index is 0. The molecule has 142 valence electrons. The third-order valence-electron chi connectivity index (χ3n) is 4.09. The fourth-order valence-corrected chi connectivity index (χ4v) is 3.61. The van der Waals surface area contributed by atoms with Gasteiger partial charge in [-0.15, -0.1) is 35.3 Å². The van der Waals surface area contributed by atoms with E-state index in [0.29, 0.717) is 12.5 Å². The van der Waals surface area contributed by atoms with Crippen LogP contribution in [0.3, 0.4) is 0 Å². The first-order valence-electron chi connectivity index (χ1n) is 8.86. The van der Waals surface area contributed by atoms with E-state index in [4.69, 9.17) is 4.74 Å². The molecule has 2 heterocycles. The molecule has 0 saturated heterocycles. The molecule has 1 aliphatic heterocycles. The van der Waals surface area contributed by atoms with Gasteiger partial charge in [0.05, 0.1) is 18.8 Å². The van der Waals surface area contributed by atoms with Gasteiger partial charge in [0, 0.05) is 18.3 Å². The van der Waals surface area contributed by atoms with Crippen LogP contribution < -0.4 is 15.4 Å². The lowest BCUT2D eigenvalue weighted by atomic mass is 10.1. The number of ether oxygens (including phenoxy) is 1. The standard InChI is InChI=1S/C19H26N4OS.HI/c1-4-20-19(22-11-18-23-16(12-25-18)13(2)3)21-10-15-9-14-7-5-6-8-17(14)24-15;/h5-8,12-13,15H,4,9-11H2,1-3H3,(H2,20,21,22);1H. The van der Waals surface area contributed by atoms with Gasteiger partial charge in [-0.1, -0.05) is 32.0 Å². The summed E-state index contributed by atoms with van der Waals surface area (Å²) >= 11 is 1.67. The third kappa shape index (κ3) is 5.57. The van der Waals surface area contributed by atoms with Gasteiger partial charge in [-0.25, -0.2) is 9.98 Å². The van der Waals surface area contributed by atoms with Crippen LogP contribution >= 0.6 is 35.3 Å². The number of aromatic nitrogens is 1. The topological polar surface area (TPSA) is 58.5 Å². The number of hydrogen-bond donors (Lipinski definition) is 2. The highest BCUT2D eigenvalue weighted by atomic mass is 127. The zero-order valence-electron chi connectivity index (χ0n) is 15.5. The summed E-state index contributed by atoms with van der Waals surface area (Å²) in [6, 6.07) is 8.23. The minimum absolute atomic E-state index is 0. The summed E-state index contributed by atoms with van der Waals surface area (Å²) in [5.41, 5.74) is 2.42. The second-order valence-electron chi connectivity index (χ2n) is 6.45. The van der Waals surface area contributed by atoms with Crippen LogP contribution in [0.4, 0.5) is 0 Å². The van der Waals surface area contributed by atoms with Crippen molar-refractivity contribution in [3.05, 3.63) is 45.9 Å². The summed E-state index contributed by atoms with van der Waals surface area (Å²) in [6.45, 7) is 8.54. The van der Waals surface area contributed by atoms with Crippen LogP contribution in [0.15, 0.2) is 34.6 Å². The normalized spacial score (nSPS) is 16.0. The number of hydrogen-bond acceptors (Lipinski definition) is 4. The Morgan fingerprint density at radius 1 is 1.35 bits per heavy atom. The summed E-state index contributed by atoms with van der Waals surface area (Å²) in [6.07, 6.45) is 1.08. The van der Waals surface area contributed by atoms with Gasteiger partial charge < -0.3 is 15.4 Å². The molecule has 1 aliphatic rings. The molecule has 0 amide bonds. The van der Waals surface area contributed by atoms with Crippen molar-refractivity contribution in [2.24, 2.45) is 4.99 Å². The summed E-state index contributed by atoms with van der Waals surface area (Å²) in [5, 5.41) is 9.85. The molecule has 5 nitrogen and oxygen atoms in total. The molecule has 2 N–H and O–H groups in total. The van der Waals surface area contributed by atoms with Crippen molar-refractivity contribution in [2.75, 3.05) is 13.1 Å². The second-order valence-corrected chi connectivity index (χ2v) is 7.39. The smallest absolute Gasteiger partial charge is 0.191 e. The van der Waals surface area contributed by atoms with Gasteiger partial charge in [0.25, 0.3) is 0 Å². The number of thiazole rings is 1. The lowest BCUT2D eigenvalue weighted by Gasteiger charge is -2.15. The predicted molar refractivity (Wildman–Crippen MR) is 119 cm³/mol. The summed E-state index contributed by atoms with van der Waals surface area (Å²) in [7, 11) is 0. The monoisotopic (exact) mass is 486 g/mol. The average molecular weight is 486 g/mol. The second kappa shape index (κ2) is 10.1. The van der Waals surface area contributed by atoms with Crippen molar-refractivity contribution in [3.8, 4) is 5.75 Å². The molecule has 1 aromatic carbocycles. The highest BCUT2D eigenvalue weighted by molar-refractivity contribution is 14.0. The highest BCUT2D eigenvalue weighted by Gasteiger charge is 2.22. The lowest BCUT2D eigenvalue weighted by molar-refractivity contribution is 0.235. The Kier molecular flexibility index (Phi) is 8.15. The SMILES string of the molecule is CCNC(=NCc1nc(C(C)C)cs1)NCC1Cc2ccccc2O1.I. The van der Waals surface area contributed by atoms with E-state index in [1.807, 2.05) is 12.1 Å². The molecule has 1 aromatic heterocycles. The van der Waals surface area contributed by atoms with E-state index in [2.05, 4.69) is 58.9 Å². The number of para-hydroxylation sites is 1. The first kappa shape index (κ1) is 21.0. The summed E-state index contributed by atoms with van der Waals surface area (Å²) in [5.74, 6) is 2.27. The van der Waals surface area contributed by atoms with Crippen LogP contribution in [-0.2, 0) is 13.0 Å². The number of nitrogens with one attached hydrogen (secondary N) is 2. The summed E-state index contributed by atoms with van der Waals surface area (Å²) in [4.78, 5) is 9.29. The van der Waals surface area contributed by atoms with Crippen LogP contribution in [0.5, 0.6) is 5.75 Å². The molecule has 1 atom stereocenters. The minimum Gasteiger partial charge on any atom is -0.488 e. The van der Waals surface area contributed by atoms with Crippen molar-refractivity contribution in [1.82, 2.24) is 15.6 Å². The molecule has 1 unspecified atom stereocenters. The van der Waals surface area contributed by atoms with Crippen molar-refractivity contribution in [2.45, 2.75) is 45.8 Å². The molecule has 0 spiro atoms. The number of aliphatic imine (C=N–C) groups is 1. The van der Waals surface area contributed by atoms with E-state index in [1.54, 1.807) is 11.3 Å². The molecular formula is C19H27IN4OS. The van der Waals surface area contributed by atoms with Gasteiger partial charge in [-0.2, -0.15) is 0 Å². The quantitative estimate of drug-likeness (QED) is 0.369.